The van der Waals surface area contributed by atoms with Gasteiger partial charge in [-0.15, -0.1) is 0 Å². The number of carbonyl (C=O) groups excluding carboxylic acids is 1. The van der Waals surface area contributed by atoms with Crippen LogP contribution in [0.2, 0.25) is 5.02 Å². The fourth-order valence-corrected chi connectivity index (χ4v) is 3.33. The van der Waals surface area contributed by atoms with Crippen molar-refractivity contribution >= 4 is 17.6 Å². The van der Waals surface area contributed by atoms with E-state index in [0.717, 1.165) is 30.8 Å². The van der Waals surface area contributed by atoms with E-state index >= 15 is 0 Å². The van der Waals surface area contributed by atoms with Crippen LogP contribution in [0.25, 0.3) is 0 Å². The number of esters is 1. The molecule has 1 aromatic carbocycles. The summed E-state index contributed by atoms with van der Waals surface area (Å²) in [7, 11) is 0. The Bertz CT molecular complexity index is 503. The minimum atomic E-state index is -0.0873. The van der Waals surface area contributed by atoms with E-state index in [1.165, 1.54) is 31.2 Å². The highest BCUT2D eigenvalue weighted by Crippen LogP contribution is 2.31. The number of nitrogens with zero attached hydrogens (tertiary/aromatic N) is 1. The fourth-order valence-electron chi connectivity index (χ4n) is 3.21. The summed E-state index contributed by atoms with van der Waals surface area (Å²) >= 11 is 5.95. The molecule has 1 aromatic rings. The monoisotopic (exact) mass is 351 g/mol. The third kappa shape index (κ3) is 5.49. The highest BCUT2D eigenvalue weighted by Gasteiger charge is 2.38. The van der Waals surface area contributed by atoms with Crippen molar-refractivity contribution in [1.82, 2.24) is 4.90 Å². The molecule has 0 saturated carbocycles. The lowest BCUT2D eigenvalue weighted by Crippen LogP contribution is -2.53. The third-order valence-electron chi connectivity index (χ3n) is 4.93. The van der Waals surface area contributed by atoms with Crippen LogP contribution in [-0.4, -0.2) is 30.1 Å². The molecule has 0 aromatic heterocycles. The minimum absolute atomic E-state index is 0.0596. The number of carbonyl (C=O) groups is 1. The molecule has 2 atom stereocenters. The van der Waals surface area contributed by atoms with E-state index in [4.69, 9.17) is 16.3 Å². The van der Waals surface area contributed by atoms with Crippen molar-refractivity contribution in [3.63, 3.8) is 0 Å². The molecule has 1 aliphatic heterocycles. The van der Waals surface area contributed by atoms with Gasteiger partial charge >= 0.3 is 5.97 Å². The molecular formula is C20H30ClNO2. The van der Waals surface area contributed by atoms with Gasteiger partial charge in [-0.1, -0.05) is 62.8 Å². The lowest BCUT2D eigenvalue weighted by molar-refractivity contribution is -0.157. The number of hydrogen-bond acceptors (Lipinski definition) is 3. The normalized spacial score (nSPS) is 18.9. The van der Waals surface area contributed by atoms with Crippen LogP contribution in [0.3, 0.4) is 0 Å². The zero-order chi connectivity index (χ0) is 17.4. The summed E-state index contributed by atoms with van der Waals surface area (Å²) in [6.07, 6.45) is 8.14. The molecule has 3 nitrogen and oxygen atoms in total. The average Bonchev–Trinajstić information content (AvgIpc) is 2.53. The van der Waals surface area contributed by atoms with E-state index < -0.39 is 0 Å². The van der Waals surface area contributed by atoms with Gasteiger partial charge in [-0.25, -0.2) is 0 Å². The van der Waals surface area contributed by atoms with E-state index in [1.54, 1.807) is 0 Å². The van der Waals surface area contributed by atoms with Crippen molar-refractivity contribution in [1.29, 1.82) is 0 Å². The van der Waals surface area contributed by atoms with Gasteiger partial charge < -0.3 is 4.74 Å². The molecule has 0 aliphatic carbocycles. The standard InChI is InChI=1S/C20H30ClNO2/c1-3-4-5-6-7-8-15-24-20(23)19-13-14-22(19)16(2)17-9-11-18(21)12-10-17/h9-12,16,19H,3-8,13-15H2,1-2H3. The van der Waals surface area contributed by atoms with Crippen molar-refractivity contribution in [3.8, 4) is 0 Å². The number of benzene rings is 1. The van der Waals surface area contributed by atoms with Crippen molar-refractivity contribution in [2.24, 2.45) is 0 Å². The third-order valence-corrected chi connectivity index (χ3v) is 5.18. The highest BCUT2D eigenvalue weighted by atomic mass is 35.5. The number of rotatable bonds is 10. The van der Waals surface area contributed by atoms with Gasteiger partial charge in [0.2, 0.25) is 0 Å². The molecule has 2 unspecified atom stereocenters. The van der Waals surface area contributed by atoms with Gasteiger partial charge in [-0.05, 0) is 37.5 Å². The smallest absolute Gasteiger partial charge is 0.323 e. The topological polar surface area (TPSA) is 29.5 Å². The summed E-state index contributed by atoms with van der Waals surface area (Å²) in [5.41, 5.74) is 1.19. The van der Waals surface area contributed by atoms with E-state index in [0.29, 0.717) is 6.61 Å². The predicted octanol–water partition coefficient (Wildman–Crippen LogP) is 5.38. The van der Waals surface area contributed by atoms with Gasteiger partial charge in [0.05, 0.1) is 6.61 Å². The summed E-state index contributed by atoms with van der Waals surface area (Å²) < 4.78 is 5.49. The quantitative estimate of drug-likeness (QED) is 0.418. The van der Waals surface area contributed by atoms with Crippen LogP contribution >= 0.6 is 11.6 Å². The largest absolute Gasteiger partial charge is 0.465 e. The van der Waals surface area contributed by atoms with Gasteiger partial charge in [-0.3, -0.25) is 9.69 Å². The van der Waals surface area contributed by atoms with E-state index in [-0.39, 0.29) is 18.1 Å². The van der Waals surface area contributed by atoms with Gasteiger partial charge in [0.15, 0.2) is 0 Å². The summed E-state index contributed by atoms with van der Waals surface area (Å²) in [6.45, 7) is 5.86. The fraction of sp³-hybridized carbons (Fsp3) is 0.650. The first-order valence-electron chi connectivity index (χ1n) is 9.31. The number of halogens is 1. The molecule has 0 amide bonds. The first kappa shape index (κ1) is 19.3. The Morgan fingerprint density at radius 3 is 2.50 bits per heavy atom. The Hall–Kier alpha value is -1.06. The van der Waals surface area contributed by atoms with Crippen molar-refractivity contribution < 1.29 is 9.53 Å². The maximum atomic E-state index is 12.3. The van der Waals surface area contributed by atoms with Gasteiger partial charge in [0, 0.05) is 17.6 Å². The molecule has 0 bridgehead atoms. The molecule has 1 fully saturated rings. The highest BCUT2D eigenvalue weighted by molar-refractivity contribution is 6.30. The Morgan fingerprint density at radius 2 is 1.88 bits per heavy atom. The second kappa shape index (κ2) is 10.0. The summed E-state index contributed by atoms with van der Waals surface area (Å²) in [4.78, 5) is 14.5. The van der Waals surface area contributed by atoms with E-state index in [9.17, 15) is 4.79 Å². The molecule has 0 spiro atoms. The number of unbranched alkanes of at least 4 members (excludes halogenated alkanes) is 5. The molecule has 1 aliphatic rings. The van der Waals surface area contributed by atoms with Gasteiger partial charge in [-0.2, -0.15) is 0 Å². The van der Waals surface area contributed by atoms with Crippen LogP contribution in [0.1, 0.15) is 70.4 Å². The van der Waals surface area contributed by atoms with Crippen LogP contribution in [-0.2, 0) is 9.53 Å². The summed E-state index contributed by atoms with van der Waals surface area (Å²) in [5.74, 6) is -0.0596. The average molecular weight is 352 g/mol. The summed E-state index contributed by atoms with van der Waals surface area (Å²) in [5, 5.41) is 0.740. The molecule has 134 valence electrons. The number of ether oxygens (including phenoxy) is 1. The zero-order valence-corrected chi connectivity index (χ0v) is 15.7. The van der Waals surface area contributed by atoms with Gasteiger partial charge in [0.25, 0.3) is 0 Å². The zero-order valence-electron chi connectivity index (χ0n) is 15.0. The Kier molecular flexibility index (Phi) is 8.07. The first-order chi connectivity index (χ1) is 11.6. The van der Waals surface area contributed by atoms with Crippen molar-refractivity contribution in [2.45, 2.75) is 70.9 Å². The number of likely N-dealkylation sites (tertiary alicyclic amines) is 1. The number of hydrogen-bond donors (Lipinski definition) is 0. The van der Waals surface area contributed by atoms with Crippen molar-refractivity contribution in [3.05, 3.63) is 34.9 Å². The lowest BCUT2D eigenvalue weighted by Gasteiger charge is -2.43. The second-order valence-electron chi connectivity index (χ2n) is 6.71. The van der Waals surface area contributed by atoms with Gasteiger partial charge in [0.1, 0.15) is 6.04 Å². The second-order valence-corrected chi connectivity index (χ2v) is 7.14. The molecule has 1 heterocycles. The lowest BCUT2D eigenvalue weighted by atomic mass is 9.96. The Balaban J connectivity index is 1.70. The molecule has 2 rings (SSSR count). The maximum Gasteiger partial charge on any atom is 0.323 e. The van der Waals surface area contributed by atoms with Crippen LogP contribution in [0.4, 0.5) is 0 Å². The van der Waals surface area contributed by atoms with Crippen LogP contribution in [0.15, 0.2) is 24.3 Å². The van der Waals surface area contributed by atoms with Crippen LogP contribution in [0, 0.1) is 0 Å². The molecule has 4 heteroatoms. The summed E-state index contributed by atoms with van der Waals surface area (Å²) in [6, 6.07) is 7.99. The maximum absolute atomic E-state index is 12.3. The first-order valence-corrected chi connectivity index (χ1v) is 9.69. The van der Waals surface area contributed by atoms with E-state index in [2.05, 4.69) is 18.7 Å². The molecule has 0 radical (unpaired) electrons. The Labute approximate surface area is 151 Å². The SMILES string of the molecule is CCCCCCCCOC(=O)C1CCN1C(C)c1ccc(Cl)cc1. The minimum Gasteiger partial charge on any atom is -0.465 e. The molecular weight excluding hydrogens is 322 g/mol. The van der Waals surface area contributed by atoms with Crippen molar-refractivity contribution in [2.75, 3.05) is 13.2 Å². The Morgan fingerprint density at radius 1 is 1.21 bits per heavy atom. The molecule has 1 saturated heterocycles. The predicted molar refractivity (Wildman–Crippen MR) is 99.3 cm³/mol. The van der Waals surface area contributed by atoms with Crippen LogP contribution in [0.5, 0.6) is 0 Å². The molecule has 24 heavy (non-hydrogen) atoms. The van der Waals surface area contributed by atoms with Crippen LogP contribution < -0.4 is 0 Å². The van der Waals surface area contributed by atoms with E-state index in [1.807, 2.05) is 24.3 Å². The molecule has 0 N–H and O–H groups in total.